The summed E-state index contributed by atoms with van der Waals surface area (Å²) in [4.78, 5) is 0. The van der Waals surface area contributed by atoms with Gasteiger partial charge in [-0.2, -0.15) is 0 Å². The molecule has 0 unspecified atom stereocenters. The van der Waals surface area contributed by atoms with Crippen LogP contribution in [0.15, 0.2) is 30.3 Å². The molecule has 1 atom stereocenters. The van der Waals surface area contributed by atoms with Crippen LogP contribution in [-0.4, -0.2) is 6.04 Å². The van der Waals surface area contributed by atoms with Crippen molar-refractivity contribution in [3.8, 4) is 0 Å². The largest absolute Gasteiger partial charge is 0.327 e. The van der Waals surface area contributed by atoms with E-state index in [0.29, 0.717) is 0 Å². The molecule has 0 aliphatic carbocycles. The lowest BCUT2D eigenvalue weighted by atomic mass is 10.1. The Kier molecular flexibility index (Phi) is 3.12. The fourth-order valence-corrected chi connectivity index (χ4v) is 0.929. The second-order valence-electron chi connectivity index (χ2n) is 2.65. The number of rotatable bonds is 3. The van der Waals surface area contributed by atoms with Crippen molar-refractivity contribution in [3.63, 3.8) is 0 Å². The van der Waals surface area contributed by atoms with Crippen LogP contribution in [0.25, 0.3) is 0 Å². The van der Waals surface area contributed by atoms with Gasteiger partial charge in [0.2, 0.25) is 0 Å². The lowest BCUT2D eigenvalue weighted by Crippen LogP contribution is -2.19. The zero-order valence-electron chi connectivity index (χ0n) is 6.83. The average Bonchev–Trinajstić information content (AvgIpc) is 2.06. The zero-order valence-corrected chi connectivity index (χ0v) is 6.83. The van der Waals surface area contributed by atoms with Crippen molar-refractivity contribution in [1.82, 2.24) is 0 Å². The second-order valence-corrected chi connectivity index (χ2v) is 2.65. The van der Waals surface area contributed by atoms with E-state index in [0.717, 1.165) is 6.42 Å². The second kappa shape index (κ2) is 4.14. The Morgan fingerprint density at radius 1 is 1.36 bits per heavy atom. The molecule has 0 bridgehead atoms. The Hall–Kier alpha value is -0.820. The molecule has 1 nitrogen and oxygen atoms in total. The normalized spacial score (nSPS) is 12.9. The first-order valence-electron chi connectivity index (χ1n) is 3.98. The molecule has 2 N–H and O–H groups in total. The summed E-state index contributed by atoms with van der Waals surface area (Å²) < 4.78 is 0. The SMILES string of the molecule is CC[C@H](N)[CH]c1ccccc1. The van der Waals surface area contributed by atoms with Crippen LogP contribution in [0.3, 0.4) is 0 Å². The Morgan fingerprint density at radius 2 is 2.00 bits per heavy atom. The molecule has 0 aromatic heterocycles. The summed E-state index contributed by atoms with van der Waals surface area (Å²) >= 11 is 0. The van der Waals surface area contributed by atoms with E-state index in [1.807, 2.05) is 18.2 Å². The molecule has 1 aromatic carbocycles. The Morgan fingerprint density at radius 3 is 2.55 bits per heavy atom. The highest BCUT2D eigenvalue weighted by atomic mass is 14.6. The van der Waals surface area contributed by atoms with Crippen molar-refractivity contribution in [3.05, 3.63) is 42.3 Å². The Bertz CT molecular complexity index is 193. The summed E-state index contributed by atoms with van der Waals surface area (Å²) in [5, 5.41) is 0. The third-order valence-corrected chi connectivity index (χ3v) is 1.68. The first-order chi connectivity index (χ1) is 5.33. The molecular weight excluding hydrogens is 134 g/mol. The summed E-state index contributed by atoms with van der Waals surface area (Å²) in [6.07, 6.45) is 3.08. The highest BCUT2D eigenvalue weighted by Crippen LogP contribution is 2.05. The van der Waals surface area contributed by atoms with Gasteiger partial charge in [0.1, 0.15) is 0 Å². The quantitative estimate of drug-likeness (QED) is 0.696. The third-order valence-electron chi connectivity index (χ3n) is 1.68. The van der Waals surface area contributed by atoms with Crippen molar-refractivity contribution < 1.29 is 0 Å². The van der Waals surface area contributed by atoms with Crippen LogP contribution in [0.2, 0.25) is 0 Å². The van der Waals surface area contributed by atoms with Gasteiger partial charge in [-0.25, -0.2) is 0 Å². The lowest BCUT2D eigenvalue weighted by molar-refractivity contribution is 0.744. The summed E-state index contributed by atoms with van der Waals surface area (Å²) in [5.41, 5.74) is 6.96. The first-order valence-corrected chi connectivity index (χ1v) is 3.98. The average molecular weight is 148 g/mol. The van der Waals surface area contributed by atoms with E-state index in [9.17, 15) is 0 Å². The number of benzene rings is 1. The molecule has 0 saturated heterocycles. The molecule has 1 rings (SSSR count). The molecule has 0 saturated carbocycles. The fourth-order valence-electron chi connectivity index (χ4n) is 0.929. The van der Waals surface area contributed by atoms with Crippen LogP contribution in [0.5, 0.6) is 0 Å². The summed E-state index contributed by atoms with van der Waals surface area (Å²) in [7, 11) is 0. The van der Waals surface area contributed by atoms with E-state index in [4.69, 9.17) is 5.73 Å². The van der Waals surface area contributed by atoms with E-state index in [2.05, 4.69) is 25.5 Å². The third kappa shape index (κ3) is 2.72. The van der Waals surface area contributed by atoms with Gasteiger partial charge in [0.15, 0.2) is 0 Å². The molecule has 1 heteroatoms. The summed E-state index contributed by atoms with van der Waals surface area (Å²) in [6.45, 7) is 2.09. The summed E-state index contributed by atoms with van der Waals surface area (Å²) in [5.74, 6) is 0. The number of hydrogen-bond acceptors (Lipinski definition) is 1. The molecule has 11 heavy (non-hydrogen) atoms. The van der Waals surface area contributed by atoms with E-state index >= 15 is 0 Å². The van der Waals surface area contributed by atoms with E-state index in [1.54, 1.807) is 0 Å². The molecule has 1 radical (unpaired) electrons. The van der Waals surface area contributed by atoms with Gasteiger partial charge in [-0.05, 0) is 12.0 Å². The first kappa shape index (κ1) is 8.28. The molecule has 0 aliphatic rings. The maximum Gasteiger partial charge on any atom is 0.0112 e. The Balaban J connectivity index is 2.51. The Labute approximate surface area is 68.2 Å². The highest BCUT2D eigenvalue weighted by molar-refractivity contribution is 5.24. The van der Waals surface area contributed by atoms with Crippen molar-refractivity contribution >= 4 is 0 Å². The van der Waals surface area contributed by atoms with Crippen molar-refractivity contribution in [1.29, 1.82) is 0 Å². The zero-order chi connectivity index (χ0) is 8.10. The van der Waals surface area contributed by atoms with Crippen LogP contribution in [0.4, 0.5) is 0 Å². The van der Waals surface area contributed by atoms with E-state index in [-0.39, 0.29) is 6.04 Å². The molecule has 0 amide bonds. The smallest absolute Gasteiger partial charge is 0.0112 e. The van der Waals surface area contributed by atoms with Gasteiger partial charge < -0.3 is 5.73 Å². The molecule has 0 heterocycles. The fraction of sp³-hybridized carbons (Fsp3) is 0.300. The molecule has 1 aromatic rings. The predicted molar refractivity (Wildman–Crippen MR) is 48.1 cm³/mol. The van der Waals surface area contributed by atoms with Crippen molar-refractivity contribution in [2.24, 2.45) is 5.73 Å². The minimum Gasteiger partial charge on any atom is -0.327 e. The minimum absolute atomic E-state index is 0.192. The maximum atomic E-state index is 5.75. The van der Waals surface area contributed by atoms with Crippen LogP contribution < -0.4 is 5.73 Å². The van der Waals surface area contributed by atoms with Crippen molar-refractivity contribution in [2.45, 2.75) is 19.4 Å². The van der Waals surface area contributed by atoms with Crippen molar-refractivity contribution in [2.75, 3.05) is 0 Å². The molecule has 0 spiro atoms. The number of nitrogens with two attached hydrogens (primary N) is 1. The number of hydrogen-bond donors (Lipinski definition) is 1. The van der Waals surface area contributed by atoms with Crippen LogP contribution in [-0.2, 0) is 0 Å². The predicted octanol–water partition coefficient (Wildman–Crippen LogP) is 1.98. The molecule has 0 fully saturated rings. The van der Waals surface area contributed by atoms with E-state index < -0.39 is 0 Å². The maximum absolute atomic E-state index is 5.75. The van der Waals surface area contributed by atoms with E-state index in [1.165, 1.54) is 5.56 Å². The topological polar surface area (TPSA) is 26.0 Å². The van der Waals surface area contributed by atoms with Gasteiger partial charge in [-0.15, -0.1) is 0 Å². The van der Waals surface area contributed by atoms with Gasteiger partial charge in [-0.1, -0.05) is 37.3 Å². The standard InChI is InChI=1S/C10H14N/c1-2-10(11)8-9-6-4-3-5-7-9/h3-8,10H,2,11H2,1H3/t10-/m0/s1. The monoisotopic (exact) mass is 148 g/mol. The van der Waals surface area contributed by atoms with Gasteiger partial charge in [0.05, 0.1) is 0 Å². The molecular formula is C10H14N. The van der Waals surface area contributed by atoms with Crippen LogP contribution in [0.1, 0.15) is 18.9 Å². The van der Waals surface area contributed by atoms with Crippen LogP contribution in [0, 0.1) is 6.42 Å². The van der Waals surface area contributed by atoms with Gasteiger partial charge in [-0.3, -0.25) is 0 Å². The molecule has 0 aliphatic heterocycles. The highest BCUT2D eigenvalue weighted by Gasteiger charge is 1.99. The molecule has 59 valence electrons. The van der Waals surface area contributed by atoms with Gasteiger partial charge in [0, 0.05) is 12.5 Å². The lowest BCUT2D eigenvalue weighted by Gasteiger charge is -2.06. The van der Waals surface area contributed by atoms with Crippen LogP contribution >= 0.6 is 0 Å². The summed E-state index contributed by atoms with van der Waals surface area (Å²) in [6, 6.07) is 10.4. The van der Waals surface area contributed by atoms with Gasteiger partial charge in [0.25, 0.3) is 0 Å². The van der Waals surface area contributed by atoms with Gasteiger partial charge >= 0.3 is 0 Å². The minimum atomic E-state index is 0.192.